The fourth-order valence-corrected chi connectivity index (χ4v) is 7.33. The van der Waals surface area contributed by atoms with Gasteiger partial charge in [-0.25, -0.2) is 0 Å². The average Bonchev–Trinajstić information content (AvgIpc) is 3.40. The fraction of sp³-hybridized carbons (Fsp3) is 0.846. The summed E-state index contributed by atoms with van der Waals surface area (Å²) in [5.41, 5.74) is 0.382. The van der Waals surface area contributed by atoms with E-state index in [9.17, 15) is 19.8 Å². The minimum atomic E-state index is -0.837. The monoisotopic (exact) mass is 506 g/mol. The Labute approximate surface area is 213 Å². The maximum atomic E-state index is 12.2. The van der Waals surface area contributed by atoms with E-state index >= 15 is 0 Å². The van der Waals surface area contributed by atoms with E-state index in [0.717, 1.165) is 6.42 Å². The quantitative estimate of drug-likeness (QED) is 0.333. The van der Waals surface area contributed by atoms with Crippen molar-refractivity contribution in [3.8, 4) is 0 Å². The molecule has 0 aromatic rings. The molecule has 10 heteroatoms. The highest BCUT2D eigenvalue weighted by atomic mass is 16.5. The number of aliphatic hydroxyl groups excluding tert-OH is 2. The summed E-state index contributed by atoms with van der Waals surface area (Å²) in [6.45, 7) is 12.5. The first-order valence-corrected chi connectivity index (χ1v) is 13.2. The fourth-order valence-electron chi connectivity index (χ4n) is 7.33. The van der Waals surface area contributed by atoms with Crippen molar-refractivity contribution >= 4 is 11.8 Å². The molecule has 4 N–H and O–H groups in total. The third kappa shape index (κ3) is 3.60. The average molecular weight is 507 g/mol. The summed E-state index contributed by atoms with van der Waals surface area (Å²) in [6.07, 6.45) is 0.564. The standard InChI is InChI=1S/C13H22N2O3.C13H20N2O3/c2*1-6-5-13(3)10(14-7(6)2)8-9(18-13)12(17)15(4)11(8)16/h6-10,12,14,17H,5H2,1-4H3;5,7-10,12,14,17H,1-4H3. The number of rotatable bonds is 0. The normalized spacial score (nSPS) is 53.4. The first-order valence-electron chi connectivity index (χ1n) is 13.2. The molecule has 0 bridgehead atoms. The maximum absolute atomic E-state index is 12.2. The van der Waals surface area contributed by atoms with Crippen LogP contribution >= 0.6 is 0 Å². The lowest BCUT2D eigenvalue weighted by Gasteiger charge is -2.44. The van der Waals surface area contributed by atoms with Gasteiger partial charge in [0.05, 0.1) is 29.5 Å². The Kier molecular flexibility index (Phi) is 6.14. The van der Waals surface area contributed by atoms with Crippen LogP contribution in [0.2, 0.25) is 0 Å². The van der Waals surface area contributed by atoms with Crippen LogP contribution in [-0.4, -0.2) is 106 Å². The van der Waals surface area contributed by atoms with Gasteiger partial charge < -0.3 is 40.1 Å². The van der Waals surface area contributed by atoms with Crippen molar-refractivity contribution in [1.82, 2.24) is 20.4 Å². The van der Waals surface area contributed by atoms with Gasteiger partial charge in [-0.15, -0.1) is 0 Å². The molecule has 202 valence electrons. The summed E-state index contributed by atoms with van der Waals surface area (Å²) < 4.78 is 12.1. The molecule has 13 unspecified atom stereocenters. The number of carbonyl (C=O) groups is 2. The number of piperidine rings is 1. The Morgan fingerprint density at radius 2 is 1.44 bits per heavy atom. The molecular weight excluding hydrogens is 464 g/mol. The van der Waals surface area contributed by atoms with Crippen molar-refractivity contribution in [2.24, 2.45) is 17.8 Å². The summed E-state index contributed by atoms with van der Waals surface area (Å²) in [5, 5.41) is 27.1. The number of amides is 2. The van der Waals surface area contributed by atoms with Crippen molar-refractivity contribution in [2.45, 2.75) is 108 Å². The molecule has 2 amide bonds. The lowest BCUT2D eigenvalue weighted by atomic mass is 9.76. The van der Waals surface area contributed by atoms with Gasteiger partial charge in [-0.3, -0.25) is 9.59 Å². The zero-order valence-corrected chi connectivity index (χ0v) is 22.6. The molecule has 6 rings (SSSR count). The molecule has 0 spiro atoms. The van der Waals surface area contributed by atoms with Gasteiger partial charge in [-0.05, 0) is 47.0 Å². The zero-order valence-electron chi connectivity index (χ0n) is 22.6. The third-order valence-electron chi connectivity index (χ3n) is 9.79. The van der Waals surface area contributed by atoms with Gasteiger partial charge in [0, 0.05) is 26.2 Å². The van der Waals surface area contributed by atoms with E-state index < -0.39 is 24.2 Å². The van der Waals surface area contributed by atoms with Gasteiger partial charge in [0.2, 0.25) is 11.8 Å². The predicted molar refractivity (Wildman–Crippen MR) is 131 cm³/mol. The molecule has 6 heterocycles. The van der Waals surface area contributed by atoms with Crippen molar-refractivity contribution in [1.29, 1.82) is 0 Å². The number of fused-ring (bicyclic) bond motifs is 6. The number of likely N-dealkylation sites (tertiary alicyclic amines) is 2. The topological polar surface area (TPSA) is 124 Å². The Morgan fingerprint density at radius 1 is 0.917 bits per heavy atom. The van der Waals surface area contributed by atoms with Gasteiger partial charge >= 0.3 is 0 Å². The zero-order chi connectivity index (χ0) is 26.5. The minimum Gasteiger partial charge on any atom is -0.371 e. The first kappa shape index (κ1) is 26.1. The van der Waals surface area contributed by atoms with E-state index in [1.165, 1.54) is 15.4 Å². The van der Waals surface area contributed by atoms with E-state index in [-0.39, 0.29) is 53.5 Å². The Bertz CT molecular complexity index is 976. The SMILES string of the molecule is CC1=CC2(C)OC3C(C(=O)N(C)C3O)C2NC1C.CC1CC2(C)OC3C(C(=O)N(C)C3O)C2NC1C. The van der Waals surface area contributed by atoms with E-state index in [1.807, 2.05) is 6.92 Å². The summed E-state index contributed by atoms with van der Waals surface area (Å²) in [4.78, 5) is 27.2. The number of hydrogen-bond acceptors (Lipinski definition) is 8. The molecular formula is C26H42N4O6. The number of likely N-dealkylation sites (N-methyl/N-ethyl adjacent to an activating group) is 2. The highest BCUT2D eigenvalue weighted by molar-refractivity contribution is 5.84. The highest BCUT2D eigenvalue weighted by Gasteiger charge is 2.64. The lowest BCUT2D eigenvalue weighted by molar-refractivity contribution is -0.145. The number of ether oxygens (including phenoxy) is 2. The van der Waals surface area contributed by atoms with Gasteiger partial charge in [0.25, 0.3) is 0 Å². The van der Waals surface area contributed by atoms with Crippen LogP contribution in [-0.2, 0) is 19.1 Å². The molecule has 10 nitrogen and oxygen atoms in total. The van der Waals surface area contributed by atoms with E-state index in [2.05, 4.69) is 51.3 Å². The van der Waals surface area contributed by atoms with Crippen molar-refractivity contribution < 1.29 is 29.3 Å². The minimum absolute atomic E-state index is 0.00419. The van der Waals surface area contributed by atoms with Gasteiger partial charge in [-0.2, -0.15) is 0 Å². The molecule has 0 radical (unpaired) electrons. The third-order valence-corrected chi connectivity index (χ3v) is 9.79. The number of carbonyl (C=O) groups excluding carboxylic acids is 2. The Hall–Kier alpha value is -1.56. The molecule has 0 saturated carbocycles. The van der Waals surface area contributed by atoms with Crippen LogP contribution in [0.3, 0.4) is 0 Å². The van der Waals surface area contributed by atoms with Crippen molar-refractivity contribution in [3.05, 3.63) is 11.6 Å². The van der Waals surface area contributed by atoms with E-state index in [4.69, 9.17) is 9.47 Å². The van der Waals surface area contributed by atoms with Crippen LogP contribution in [0, 0.1) is 17.8 Å². The molecule has 13 atom stereocenters. The molecule has 0 aromatic carbocycles. The molecule has 36 heavy (non-hydrogen) atoms. The van der Waals surface area contributed by atoms with Crippen LogP contribution < -0.4 is 10.6 Å². The molecule has 0 aliphatic carbocycles. The van der Waals surface area contributed by atoms with Crippen LogP contribution in [0.15, 0.2) is 11.6 Å². The number of aliphatic hydroxyl groups is 2. The van der Waals surface area contributed by atoms with Crippen molar-refractivity contribution in [3.63, 3.8) is 0 Å². The van der Waals surface area contributed by atoms with Gasteiger partial charge in [0.15, 0.2) is 12.5 Å². The Balaban J connectivity index is 0.000000148. The van der Waals surface area contributed by atoms with Gasteiger partial charge in [-0.1, -0.05) is 18.6 Å². The molecule has 0 aromatic heterocycles. The van der Waals surface area contributed by atoms with Crippen LogP contribution in [0.1, 0.15) is 48.0 Å². The van der Waals surface area contributed by atoms with Crippen LogP contribution in [0.5, 0.6) is 0 Å². The molecule has 6 aliphatic rings. The first-order chi connectivity index (χ1) is 16.7. The molecule has 5 saturated heterocycles. The lowest BCUT2D eigenvalue weighted by Crippen LogP contribution is -2.60. The Morgan fingerprint density at radius 3 is 2.03 bits per heavy atom. The van der Waals surface area contributed by atoms with Crippen molar-refractivity contribution in [2.75, 3.05) is 14.1 Å². The maximum Gasteiger partial charge on any atom is 0.232 e. The number of nitrogens with zero attached hydrogens (tertiary/aromatic N) is 2. The summed E-state index contributed by atoms with van der Waals surface area (Å²) in [7, 11) is 3.26. The second kappa shape index (κ2) is 8.47. The predicted octanol–water partition coefficient (Wildman–Crippen LogP) is -0.206. The number of hydrogen-bond donors (Lipinski definition) is 4. The van der Waals surface area contributed by atoms with Crippen LogP contribution in [0.4, 0.5) is 0 Å². The summed E-state index contributed by atoms with van der Waals surface area (Å²) in [6, 6.07) is 0.566. The summed E-state index contributed by atoms with van der Waals surface area (Å²) in [5.74, 6) is -0.0637. The van der Waals surface area contributed by atoms with Crippen LogP contribution in [0.25, 0.3) is 0 Å². The second-order valence-electron chi connectivity index (χ2n) is 12.3. The molecule has 6 aliphatic heterocycles. The van der Waals surface area contributed by atoms with E-state index in [0.29, 0.717) is 12.0 Å². The second-order valence-corrected chi connectivity index (χ2v) is 12.3. The van der Waals surface area contributed by atoms with Gasteiger partial charge in [0.1, 0.15) is 17.8 Å². The smallest absolute Gasteiger partial charge is 0.232 e. The largest absolute Gasteiger partial charge is 0.371 e. The highest BCUT2D eigenvalue weighted by Crippen LogP contribution is 2.48. The number of nitrogens with one attached hydrogen (secondary N) is 2. The summed E-state index contributed by atoms with van der Waals surface area (Å²) >= 11 is 0. The molecule has 5 fully saturated rings. The van der Waals surface area contributed by atoms with E-state index in [1.54, 1.807) is 14.1 Å².